The van der Waals surface area contributed by atoms with Crippen molar-refractivity contribution in [1.29, 1.82) is 0 Å². The van der Waals surface area contributed by atoms with Gasteiger partial charge in [0, 0.05) is 6.54 Å². The molecule has 7 nitrogen and oxygen atoms in total. The van der Waals surface area contributed by atoms with Gasteiger partial charge in [-0.2, -0.15) is 0 Å². The highest BCUT2D eigenvalue weighted by atomic mass is 16.5. The maximum atomic E-state index is 12.4. The van der Waals surface area contributed by atoms with E-state index in [1.165, 1.54) is 0 Å². The normalized spacial score (nSPS) is 17.4. The third kappa shape index (κ3) is 5.56. The highest BCUT2D eigenvalue weighted by Crippen LogP contribution is 2.19. The van der Waals surface area contributed by atoms with Crippen molar-refractivity contribution in [2.24, 2.45) is 5.92 Å². The van der Waals surface area contributed by atoms with E-state index in [2.05, 4.69) is 5.32 Å². The number of likely N-dealkylation sites (tertiary alicyclic amines) is 1. The molecule has 1 aliphatic rings. The number of anilines is 1. The van der Waals surface area contributed by atoms with Gasteiger partial charge >= 0.3 is 11.9 Å². The first-order valence-electron chi connectivity index (χ1n) is 9.00. The molecule has 1 N–H and O–H groups in total. The summed E-state index contributed by atoms with van der Waals surface area (Å²) in [5.41, 5.74) is 0.751. The van der Waals surface area contributed by atoms with Gasteiger partial charge in [0.05, 0.1) is 36.9 Å². The molecule has 0 aliphatic carbocycles. The van der Waals surface area contributed by atoms with Crippen LogP contribution in [0.25, 0.3) is 0 Å². The molecule has 0 spiro atoms. The summed E-state index contributed by atoms with van der Waals surface area (Å²) in [6.07, 6.45) is 1.62. The van der Waals surface area contributed by atoms with Gasteiger partial charge in [-0.3, -0.25) is 14.5 Å². The average molecular weight is 362 g/mol. The lowest BCUT2D eigenvalue weighted by Gasteiger charge is -2.30. The number of carbonyl (C=O) groups excluding carboxylic acids is 3. The fourth-order valence-corrected chi connectivity index (χ4v) is 3.02. The molecule has 1 atom stereocenters. The second kappa shape index (κ2) is 9.91. The van der Waals surface area contributed by atoms with E-state index >= 15 is 0 Å². The molecule has 1 fully saturated rings. The highest BCUT2D eigenvalue weighted by Gasteiger charge is 2.28. The second-order valence-corrected chi connectivity index (χ2v) is 6.14. The molecule has 0 saturated carbocycles. The minimum absolute atomic E-state index is 0.160. The molecule has 1 amide bonds. The molecule has 2 rings (SSSR count). The minimum Gasteiger partial charge on any atom is -0.466 e. The predicted octanol–water partition coefficient (Wildman–Crippen LogP) is 2.08. The molecule has 7 heteroatoms. The van der Waals surface area contributed by atoms with Gasteiger partial charge in [-0.05, 0) is 45.4 Å². The zero-order chi connectivity index (χ0) is 18.9. The number of hydrogen-bond donors (Lipinski definition) is 1. The number of para-hydroxylation sites is 1. The number of piperidine rings is 1. The largest absolute Gasteiger partial charge is 0.466 e. The van der Waals surface area contributed by atoms with E-state index in [1.807, 2.05) is 4.90 Å². The van der Waals surface area contributed by atoms with Gasteiger partial charge in [0.1, 0.15) is 0 Å². The lowest BCUT2D eigenvalue weighted by molar-refractivity contribution is -0.150. The van der Waals surface area contributed by atoms with Gasteiger partial charge in [-0.15, -0.1) is 0 Å². The van der Waals surface area contributed by atoms with Crippen molar-refractivity contribution in [1.82, 2.24) is 4.90 Å². The molecule has 1 aromatic carbocycles. The summed E-state index contributed by atoms with van der Waals surface area (Å²) in [6, 6.07) is 6.75. The van der Waals surface area contributed by atoms with Crippen LogP contribution in [0.15, 0.2) is 24.3 Å². The van der Waals surface area contributed by atoms with Gasteiger partial charge in [0.15, 0.2) is 0 Å². The van der Waals surface area contributed by atoms with Crippen LogP contribution in [0.1, 0.15) is 37.0 Å². The van der Waals surface area contributed by atoms with Crippen LogP contribution in [0.5, 0.6) is 0 Å². The molecule has 0 bridgehead atoms. The van der Waals surface area contributed by atoms with Crippen LogP contribution >= 0.6 is 0 Å². The molecule has 1 aliphatic heterocycles. The zero-order valence-corrected chi connectivity index (χ0v) is 15.3. The Labute approximate surface area is 153 Å². The second-order valence-electron chi connectivity index (χ2n) is 6.14. The Hall–Kier alpha value is -2.41. The topological polar surface area (TPSA) is 84.9 Å². The Bertz CT molecular complexity index is 647. The number of benzene rings is 1. The minimum atomic E-state index is -0.469. The van der Waals surface area contributed by atoms with Crippen molar-refractivity contribution in [3.63, 3.8) is 0 Å². The Kier molecular flexibility index (Phi) is 7.59. The van der Waals surface area contributed by atoms with Crippen LogP contribution in [-0.4, -0.2) is 55.6 Å². The summed E-state index contributed by atoms with van der Waals surface area (Å²) in [7, 11) is 0. The van der Waals surface area contributed by atoms with Crippen LogP contribution < -0.4 is 5.32 Å². The smallest absolute Gasteiger partial charge is 0.340 e. The molecule has 1 aromatic rings. The van der Waals surface area contributed by atoms with Crippen molar-refractivity contribution in [2.75, 3.05) is 38.2 Å². The molecular weight excluding hydrogens is 336 g/mol. The van der Waals surface area contributed by atoms with Gasteiger partial charge in [0.25, 0.3) is 0 Å². The molecule has 142 valence electrons. The molecule has 1 saturated heterocycles. The Balaban J connectivity index is 1.94. The van der Waals surface area contributed by atoms with E-state index in [1.54, 1.807) is 38.1 Å². The molecule has 26 heavy (non-hydrogen) atoms. The van der Waals surface area contributed by atoms with E-state index < -0.39 is 5.97 Å². The lowest BCUT2D eigenvalue weighted by Crippen LogP contribution is -2.43. The first-order valence-corrected chi connectivity index (χ1v) is 9.00. The van der Waals surface area contributed by atoms with Crippen LogP contribution in [0, 0.1) is 5.92 Å². The van der Waals surface area contributed by atoms with E-state index in [-0.39, 0.29) is 30.9 Å². The monoisotopic (exact) mass is 362 g/mol. The summed E-state index contributed by atoms with van der Waals surface area (Å²) < 4.78 is 10.1. The van der Waals surface area contributed by atoms with Crippen molar-refractivity contribution >= 4 is 23.5 Å². The van der Waals surface area contributed by atoms with E-state index in [4.69, 9.17) is 9.47 Å². The standard InChI is InChI=1S/C19H26N2O5/c1-3-25-18(23)14-8-7-11-21(12-14)13-17(22)20-16-10-6-5-9-15(16)19(24)26-4-2/h5-6,9-10,14H,3-4,7-8,11-13H2,1-2H3,(H,20,22)/t14-/m0/s1. The number of amides is 1. The lowest BCUT2D eigenvalue weighted by atomic mass is 9.98. The third-order valence-electron chi connectivity index (χ3n) is 4.19. The Morgan fingerprint density at radius 1 is 1.15 bits per heavy atom. The van der Waals surface area contributed by atoms with Gasteiger partial charge in [-0.1, -0.05) is 12.1 Å². The summed E-state index contributed by atoms with van der Waals surface area (Å²) in [4.78, 5) is 38.2. The number of esters is 2. The summed E-state index contributed by atoms with van der Waals surface area (Å²) in [5.74, 6) is -1.09. The third-order valence-corrected chi connectivity index (χ3v) is 4.19. The van der Waals surface area contributed by atoms with Crippen molar-refractivity contribution < 1.29 is 23.9 Å². The molecule has 1 heterocycles. The number of rotatable bonds is 7. The molecule has 0 aromatic heterocycles. The number of carbonyl (C=O) groups is 3. The fourth-order valence-electron chi connectivity index (χ4n) is 3.02. The van der Waals surface area contributed by atoms with Crippen molar-refractivity contribution in [2.45, 2.75) is 26.7 Å². The quantitative estimate of drug-likeness (QED) is 0.748. The number of hydrogen-bond acceptors (Lipinski definition) is 6. The van der Waals surface area contributed by atoms with Crippen molar-refractivity contribution in [3.05, 3.63) is 29.8 Å². The average Bonchev–Trinajstić information content (AvgIpc) is 2.62. The van der Waals surface area contributed by atoms with E-state index in [9.17, 15) is 14.4 Å². The number of nitrogens with one attached hydrogen (secondary N) is 1. The van der Waals surface area contributed by atoms with Gasteiger partial charge in [-0.25, -0.2) is 4.79 Å². The molecule has 0 radical (unpaired) electrons. The summed E-state index contributed by atoms with van der Waals surface area (Å²) in [5, 5.41) is 2.77. The molecular formula is C19H26N2O5. The highest BCUT2D eigenvalue weighted by molar-refractivity contribution is 6.01. The van der Waals surface area contributed by atoms with Crippen molar-refractivity contribution in [3.8, 4) is 0 Å². The van der Waals surface area contributed by atoms with Crippen LogP contribution in [-0.2, 0) is 19.1 Å². The van der Waals surface area contributed by atoms with E-state index in [0.717, 1.165) is 19.4 Å². The van der Waals surface area contributed by atoms with Crippen LogP contribution in [0.2, 0.25) is 0 Å². The Morgan fingerprint density at radius 2 is 1.88 bits per heavy atom. The molecule has 0 unspecified atom stereocenters. The maximum absolute atomic E-state index is 12.4. The summed E-state index contributed by atoms with van der Waals surface area (Å²) >= 11 is 0. The first-order chi connectivity index (χ1) is 12.5. The predicted molar refractivity (Wildman–Crippen MR) is 96.8 cm³/mol. The Morgan fingerprint density at radius 3 is 2.62 bits per heavy atom. The number of nitrogens with zero attached hydrogens (tertiary/aromatic N) is 1. The van der Waals surface area contributed by atoms with Crippen LogP contribution in [0.3, 0.4) is 0 Å². The van der Waals surface area contributed by atoms with Gasteiger partial charge < -0.3 is 14.8 Å². The maximum Gasteiger partial charge on any atom is 0.340 e. The first kappa shape index (κ1) is 19.9. The zero-order valence-electron chi connectivity index (χ0n) is 15.3. The fraction of sp³-hybridized carbons (Fsp3) is 0.526. The van der Waals surface area contributed by atoms with Gasteiger partial charge in [0.2, 0.25) is 5.91 Å². The summed E-state index contributed by atoms with van der Waals surface area (Å²) in [6.45, 7) is 5.56. The van der Waals surface area contributed by atoms with Crippen LogP contribution in [0.4, 0.5) is 5.69 Å². The SMILES string of the molecule is CCOC(=O)c1ccccc1NC(=O)CN1CCC[C@H](C(=O)OCC)C1. The van der Waals surface area contributed by atoms with E-state index in [0.29, 0.717) is 24.4 Å². The number of ether oxygens (including phenoxy) is 2.